The molecule has 2 aliphatic rings. The molecule has 0 atom stereocenters. The van der Waals surface area contributed by atoms with E-state index in [1.54, 1.807) is 0 Å². The Hall–Kier alpha value is -2.20. The molecule has 1 aromatic rings. The third-order valence-electron chi connectivity index (χ3n) is 4.79. The second kappa shape index (κ2) is 7.81. The van der Waals surface area contributed by atoms with Crippen LogP contribution in [0, 0.1) is 11.7 Å². The Morgan fingerprint density at radius 2 is 1.67 bits per heavy atom. The maximum Gasteiger partial charge on any atom is 0.319 e. The zero-order chi connectivity index (χ0) is 19.6. The highest BCUT2D eigenvalue weighted by Gasteiger charge is 2.30. The number of benzene rings is 1. The number of halogens is 1. The number of carboxylic acids is 1. The number of carbonyl (C=O) groups is 2. The van der Waals surface area contributed by atoms with Gasteiger partial charge in [0.2, 0.25) is 10.0 Å². The summed E-state index contributed by atoms with van der Waals surface area (Å²) in [5.41, 5.74) is 0.157. The lowest BCUT2D eigenvalue weighted by atomic mass is 9.86. The van der Waals surface area contributed by atoms with Gasteiger partial charge in [0.25, 0.3) is 0 Å². The van der Waals surface area contributed by atoms with Crippen LogP contribution in [-0.2, 0) is 14.8 Å². The van der Waals surface area contributed by atoms with Gasteiger partial charge in [-0.2, -0.15) is 0 Å². The molecule has 0 aliphatic heterocycles. The molecule has 0 spiro atoms. The fourth-order valence-corrected chi connectivity index (χ4v) is 4.52. The predicted molar refractivity (Wildman–Crippen MR) is 95.3 cm³/mol. The van der Waals surface area contributed by atoms with Gasteiger partial charge in [0.1, 0.15) is 10.7 Å². The molecule has 10 heteroatoms. The van der Waals surface area contributed by atoms with E-state index in [-0.39, 0.29) is 23.7 Å². The number of sulfonamides is 1. The van der Waals surface area contributed by atoms with Crippen molar-refractivity contribution >= 4 is 27.7 Å². The largest absolute Gasteiger partial charge is 0.481 e. The van der Waals surface area contributed by atoms with E-state index in [9.17, 15) is 22.4 Å². The summed E-state index contributed by atoms with van der Waals surface area (Å²) in [6, 6.07) is 2.51. The first kappa shape index (κ1) is 19.6. The van der Waals surface area contributed by atoms with Gasteiger partial charge in [-0.25, -0.2) is 22.3 Å². The molecule has 0 heterocycles. The van der Waals surface area contributed by atoms with Gasteiger partial charge in [0.15, 0.2) is 0 Å². The van der Waals surface area contributed by atoms with Gasteiger partial charge >= 0.3 is 12.0 Å². The maximum atomic E-state index is 14.0. The maximum absolute atomic E-state index is 14.0. The number of nitrogens with one attached hydrogen (secondary N) is 3. The molecule has 4 N–H and O–H groups in total. The van der Waals surface area contributed by atoms with Gasteiger partial charge in [-0.15, -0.1) is 0 Å². The first-order valence-electron chi connectivity index (χ1n) is 8.87. The van der Waals surface area contributed by atoms with Gasteiger partial charge in [-0.3, -0.25) is 4.79 Å². The van der Waals surface area contributed by atoms with Gasteiger partial charge in [-0.1, -0.05) is 0 Å². The molecule has 148 valence electrons. The molecule has 0 unspecified atom stereocenters. The standard InChI is InChI=1S/C17H22FN3O5S/c18-14-8-7-13(9-15(14)27(25,26)21-12-5-6-12)20-17(24)19-11-3-1-10(2-4-11)16(22)23/h7-12,21H,1-6H2,(H,22,23)(H2,19,20,24). The SMILES string of the molecule is O=C(Nc1ccc(F)c(S(=O)(=O)NC2CC2)c1)NC1CCC(C(=O)O)CC1. The Bertz CT molecular complexity index is 833. The van der Waals surface area contributed by atoms with E-state index in [1.807, 2.05) is 0 Å². The van der Waals surface area contributed by atoms with E-state index in [2.05, 4.69) is 15.4 Å². The summed E-state index contributed by atoms with van der Waals surface area (Å²) in [6.07, 6.45) is 3.55. The van der Waals surface area contributed by atoms with Crippen LogP contribution in [0.2, 0.25) is 0 Å². The van der Waals surface area contributed by atoms with Crippen LogP contribution in [0.4, 0.5) is 14.9 Å². The number of carboxylic acid groups (broad SMARTS) is 1. The van der Waals surface area contributed by atoms with E-state index in [0.717, 1.165) is 25.0 Å². The van der Waals surface area contributed by atoms with Crippen molar-refractivity contribution in [3.8, 4) is 0 Å². The Morgan fingerprint density at radius 1 is 1.04 bits per heavy atom. The lowest BCUT2D eigenvalue weighted by molar-refractivity contribution is -0.142. The van der Waals surface area contributed by atoms with Gasteiger partial charge in [0, 0.05) is 17.8 Å². The topological polar surface area (TPSA) is 125 Å². The number of amides is 2. The van der Waals surface area contributed by atoms with E-state index in [1.165, 1.54) is 6.07 Å². The molecule has 1 aromatic carbocycles. The summed E-state index contributed by atoms with van der Waals surface area (Å²) in [6.45, 7) is 0. The molecule has 2 saturated carbocycles. The third-order valence-corrected chi connectivity index (χ3v) is 6.32. The quantitative estimate of drug-likeness (QED) is 0.583. The van der Waals surface area contributed by atoms with Gasteiger partial charge in [0.05, 0.1) is 5.92 Å². The molecule has 27 heavy (non-hydrogen) atoms. The average Bonchev–Trinajstić information content (AvgIpc) is 3.40. The zero-order valence-corrected chi connectivity index (χ0v) is 15.4. The summed E-state index contributed by atoms with van der Waals surface area (Å²) in [4.78, 5) is 22.6. The monoisotopic (exact) mass is 399 g/mol. The van der Waals surface area contributed by atoms with E-state index in [4.69, 9.17) is 5.11 Å². The summed E-state index contributed by atoms with van der Waals surface area (Å²) >= 11 is 0. The van der Waals surface area contributed by atoms with Crippen LogP contribution in [0.25, 0.3) is 0 Å². The summed E-state index contributed by atoms with van der Waals surface area (Å²) < 4.78 is 40.8. The Morgan fingerprint density at radius 3 is 2.26 bits per heavy atom. The summed E-state index contributed by atoms with van der Waals surface area (Å²) in [5, 5.41) is 14.2. The van der Waals surface area contributed by atoms with Crippen LogP contribution in [-0.4, -0.2) is 37.6 Å². The second-order valence-electron chi connectivity index (χ2n) is 7.03. The number of hydrogen-bond donors (Lipinski definition) is 4. The molecule has 8 nitrogen and oxygen atoms in total. The van der Waals surface area contributed by atoms with Gasteiger partial charge in [-0.05, 0) is 56.7 Å². The van der Waals surface area contributed by atoms with Crippen molar-refractivity contribution in [2.45, 2.75) is 55.5 Å². The van der Waals surface area contributed by atoms with Crippen molar-refractivity contribution in [1.29, 1.82) is 0 Å². The third kappa shape index (κ3) is 5.16. The minimum atomic E-state index is -3.98. The highest BCUT2D eigenvalue weighted by atomic mass is 32.2. The molecule has 0 aromatic heterocycles. The van der Waals surface area contributed by atoms with Crippen molar-refractivity contribution in [3.63, 3.8) is 0 Å². The van der Waals surface area contributed by atoms with Crippen molar-refractivity contribution in [2.75, 3.05) is 5.32 Å². The number of rotatable bonds is 6. The predicted octanol–water partition coefficient (Wildman–Crippen LogP) is 2.03. The Kier molecular flexibility index (Phi) is 5.66. The first-order valence-corrected chi connectivity index (χ1v) is 10.3. The molecule has 0 saturated heterocycles. The van der Waals surface area contributed by atoms with Crippen LogP contribution in [0.15, 0.2) is 23.1 Å². The number of urea groups is 1. The van der Waals surface area contributed by atoms with Crippen molar-refractivity contribution in [3.05, 3.63) is 24.0 Å². The highest BCUT2D eigenvalue weighted by molar-refractivity contribution is 7.89. The number of aliphatic carboxylic acids is 1. The smallest absolute Gasteiger partial charge is 0.319 e. The number of hydrogen-bond acceptors (Lipinski definition) is 4. The molecule has 0 radical (unpaired) electrons. The molecule has 2 fully saturated rings. The first-order chi connectivity index (χ1) is 12.7. The molecular weight excluding hydrogens is 377 g/mol. The van der Waals surface area contributed by atoms with E-state index < -0.39 is 32.7 Å². The lowest BCUT2D eigenvalue weighted by Crippen LogP contribution is -2.41. The number of anilines is 1. The summed E-state index contributed by atoms with van der Waals surface area (Å²) in [5.74, 6) is -2.09. The van der Waals surface area contributed by atoms with E-state index in [0.29, 0.717) is 25.7 Å². The highest BCUT2D eigenvalue weighted by Crippen LogP contribution is 2.26. The Balaban J connectivity index is 1.59. The van der Waals surface area contributed by atoms with Crippen LogP contribution >= 0.6 is 0 Å². The van der Waals surface area contributed by atoms with Crippen LogP contribution in [0.5, 0.6) is 0 Å². The van der Waals surface area contributed by atoms with Crippen LogP contribution < -0.4 is 15.4 Å². The fraction of sp³-hybridized carbons (Fsp3) is 0.529. The molecular formula is C17H22FN3O5S. The van der Waals surface area contributed by atoms with Crippen LogP contribution in [0.3, 0.4) is 0 Å². The van der Waals surface area contributed by atoms with Crippen LogP contribution in [0.1, 0.15) is 38.5 Å². The van der Waals surface area contributed by atoms with Crippen molar-refractivity contribution < 1.29 is 27.5 Å². The zero-order valence-electron chi connectivity index (χ0n) is 14.6. The molecule has 0 bridgehead atoms. The van der Waals surface area contributed by atoms with E-state index >= 15 is 0 Å². The molecule has 2 aliphatic carbocycles. The minimum Gasteiger partial charge on any atom is -0.481 e. The molecule has 3 rings (SSSR count). The number of carbonyl (C=O) groups excluding carboxylic acids is 1. The minimum absolute atomic E-state index is 0.152. The van der Waals surface area contributed by atoms with Crippen molar-refractivity contribution in [1.82, 2.24) is 10.0 Å². The summed E-state index contributed by atoms with van der Waals surface area (Å²) in [7, 11) is -3.98. The molecule has 2 amide bonds. The van der Waals surface area contributed by atoms with Gasteiger partial charge < -0.3 is 15.7 Å². The average molecular weight is 399 g/mol. The normalized spacial score (nSPS) is 22.9. The van der Waals surface area contributed by atoms with Crippen molar-refractivity contribution in [2.24, 2.45) is 5.92 Å². The fourth-order valence-electron chi connectivity index (χ4n) is 3.11. The Labute approximate surface area is 156 Å². The lowest BCUT2D eigenvalue weighted by Gasteiger charge is -2.26. The second-order valence-corrected chi connectivity index (χ2v) is 8.71.